The number of carboxylic acids is 1. The van der Waals surface area contributed by atoms with Gasteiger partial charge in [0.1, 0.15) is 15.8 Å². The number of carbonyl (C=O) groups excluding carboxylic acids is 1. The molecular weight excluding hydrogens is 448 g/mol. The van der Waals surface area contributed by atoms with Gasteiger partial charge in [-0.25, -0.2) is 4.98 Å². The van der Waals surface area contributed by atoms with Crippen LogP contribution in [-0.4, -0.2) is 48.7 Å². The van der Waals surface area contributed by atoms with E-state index in [0.717, 1.165) is 17.3 Å². The maximum Gasteiger partial charge on any atom is 0.303 e. The van der Waals surface area contributed by atoms with Gasteiger partial charge in [0.25, 0.3) is 11.5 Å². The number of nitrogens with one attached hydrogen (secondary N) is 1. The number of aliphatic carboxylic acids is 1. The molecule has 1 fully saturated rings. The predicted octanol–water partition coefficient (Wildman–Crippen LogP) is 3.45. The Morgan fingerprint density at radius 3 is 2.84 bits per heavy atom. The molecule has 2 N–H and O–H groups in total. The highest BCUT2D eigenvalue weighted by atomic mass is 32.2. The lowest BCUT2D eigenvalue weighted by Crippen LogP contribution is -2.29. The van der Waals surface area contributed by atoms with Gasteiger partial charge in [0.05, 0.1) is 10.5 Å². The van der Waals surface area contributed by atoms with Gasteiger partial charge in [-0.3, -0.25) is 23.7 Å². The molecule has 32 heavy (non-hydrogen) atoms. The van der Waals surface area contributed by atoms with Gasteiger partial charge in [0, 0.05) is 25.7 Å². The van der Waals surface area contributed by atoms with Crippen LogP contribution in [0, 0.1) is 6.92 Å². The molecule has 1 aliphatic heterocycles. The molecule has 0 unspecified atom stereocenters. The highest BCUT2D eigenvalue weighted by Gasteiger charge is 2.32. The third-order valence-corrected chi connectivity index (χ3v) is 6.30. The molecule has 1 saturated heterocycles. The Labute approximate surface area is 195 Å². The number of aryl methyl sites for hydroxylation is 1. The van der Waals surface area contributed by atoms with Crippen LogP contribution < -0.4 is 10.9 Å². The first-order chi connectivity index (χ1) is 15.3. The maximum atomic E-state index is 13.2. The van der Waals surface area contributed by atoms with Crippen molar-refractivity contribution in [2.75, 3.05) is 18.4 Å². The van der Waals surface area contributed by atoms with Crippen molar-refractivity contribution in [3.05, 3.63) is 57.4 Å². The number of fused-ring (bicyclic) bond motifs is 1. The lowest BCUT2D eigenvalue weighted by molar-refractivity contribution is -0.137. The van der Waals surface area contributed by atoms with E-state index >= 15 is 0 Å². The molecule has 3 heterocycles. The molecule has 0 bridgehead atoms. The minimum Gasteiger partial charge on any atom is -0.481 e. The second kappa shape index (κ2) is 10.6. The second-order valence-corrected chi connectivity index (χ2v) is 8.95. The first-order valence-electron chi connectivity index (χ1n) is 10.2. The van der Waals surface area contributed by atoms with Gasteiger partial charge >= 0.3 is 5.97 Å². The third-order valence-electron chi connectivity index (χ3n) is 4.92. The molecule has 8 nitrogen and oxygen atoms in total. The summed E-state index contributed by atoms with van der Waals surface area (Å²) in [5.74, 6) is -0.713. The molecule has 3 rings (SSSR count). The molecule has 1 aliphatic rings. The third kappa shape index (κ3) is 5.25. The zero-order valence-corrected chi connectivity index (χ0v) is 19.3. The number of pyridine rings is 1. The van der Waals surface area contributed by atoms with E-state index in [1.807, 2.05) is 13.0 Å². The molecule has 0 spiro atoms. The van der Waals surface area contributed by atoms with Crippen molar-refractivity contribution >= 4 is 57.7 Å². The van der Waals surface area contributed by atoms with E-state index in [1.165, 1.54) is 9.30 Å². The number of anilines is 1. The Bertz CT molecular complexity index is 1170. The maximum absolute atomic E-state index is 13.2. The number of nitrogens with zero attached hydrogens (tertiary/aromatic N) is 3. The Morgan fingerprint density at radius 1 is 1.34 bits per heavy atom. The van der Waals surface area contributed by atoms with Gasteiger partial charge in [0.2, 0.25) is 0 Å². The molecular formula is C22H24N4O4S2. The van der Waals surface area contributed by atoms with Gasteiger partial charge in [-0.2, -0.15) is 0 Å². The average molecular weight is 473 g/mol. The van der Waals surface area contributed by atoms with E-state index in [9.17, 15) is 14.4 Å². The van der Waals surface area contributed by atoms with Gasteiger partial charge in [0.15, 0.2) is 0 Å². The van der Waals surface area contributed by atoms with Crippen molar-refractivity contribution in [1.82, 2.24) is 14.3 Å². The van der Waals surface area contributed by atoms with E-state index in [2.05, 4.69) is 16.9 Å². The highest BCUT2D eigenvalue weighted by Crippen LogP contribution is 2.33. The number of rotatable bonds is 10. The molecule has 10 heteroatoms. The van der Waals surface area contributed by atoms with Crippen molar-refractivity contribution in [2.24, 2.45) is 0 Å². The van der Waals surface area contributed by atoms with E-state index in [0.29, 0.717) is 53.0 Å². The quantitative estimate of drug-likeness (QED) is 0.235. The summed E-state index contributed by atoms with van der Waals surface area (Å²) in [5.41, 5.74) is 1.38. The summed E-state index contributed by atoms with van der Waals surface area (Å²) in [6.07, 6.45) is 6.85. The largest absolute Gasteiger partial charge is 0.481 e. The zero-order valence-electron chi connectivity index (χ0n) is 17.7. The number of hydrogen-bond acceptors (Lipinski definition) is 7. The van der Waals surface area contributed by atoms with Crippen molar-refractivity contribution in [3.63, 3.8) is 0 Å². The van der Waals surface area contributed by atoms with E-state index < -0.39 is 5.97 Å². The summed E-state index contributed by atoms with van der Waals surface area (Å²) in [6.45, 7) is 6.39. The Kier molecular flexibility index (Phi) is 7.81. The Balaban J connectivity index is 1.89. The number of aromatic nitrogens is 2. The second-order valence-electron chi connectivity index (χ2n) is 7.27. The van der Waals surface area contributed by atoms with Crippen LogP contribution in [0.5, 0.6) is 0 Å². The number of thioether (sulfide) groups is 1. The standard InChI is InChI=1S/C22H24N4O4S2/c1-3-10-23-18-15(20(29)25-12-7-8-14(2)19(25)24-18)13-16-21(30)26(22(31)32-16)11-6-4-5-9-17(27)28/h3,7-8,12-13,23H,1,4-6,9-11H2,2H3,(H,27,28)/b16-13-. The fourth-order valence-corrected chi connectivity index (χ4v) is 4.58. The Morgan fingerprint density at radius 2 is 2.12 bits per heavy atom. The van der Waals surface area contributed by atoms with Crippen molar-refractivity contribution in [1.29, 1.82) is 0 Å². The Hall–Kier alpha value is -2.98. The monoisotopic (exact) mass is 472 g/mol. The van der Waals surface area contributed by atoms with Crippen LogP contribution in [0.1, 0.15) is 36.8 Å². The number of carboxylic acid groups (broad SMARTS) is 1. The molecule has 0 aromatic carbocycles. The number of hydrogen-bond donors (Lipinski definition) is 2. The van der Waals surface area contributed by atoms with Crippen molar-refractivity contribution in [2.45, 2.75) is 32.6 Å². The fourth-order valence-electron chi connectivity index (χ4n) is 3.29. The lowest BCUT2D eigenvalue weighted by atomic mass is 10.2. The van der Waals surface area contributed by atoms with Gasteiger partial charge in [-0.1, -0.05) is 42.5 Å². The van der Waals surface area contributed by atoms with Crippen molar-refractivity contribution in [3.8, 4) is 0 Å². The first-order valence-corrected chi connectivity index (χ1v) is 11.4. The minimum absolute atomic E-state index is 0.108. The van der Waals surface area contributed by atoms with Crippen LogP contribution in [0.3, 0.4) is 0 Å². The molecule has 2 aromatic heterocycles. The van der Waals surface area contributed by atoms with Crippen LogP contribution in [0.2, 0.25) is 0 Å². The van der Waals surface area contributed by atoms with Crippen LogP contribution >= 0.6 is 24.0 Å². The summed E-state index contributed by atoms with van der Waals surface area (Å²) < 4.78 is 1.88. The topological polar surface area (TPSA) is 104 Å². The predicted molar refractivity (Wildman–Crippen MR) is 131 cm³/mol. The summed E-state index contributed by atoms with van der Waals surface area (Å²) in [6, 6.07) is 3.65. The van der Waals surface area contributed by atoms with Gasteiger partial charge in [-0.15, -0.1) is 6.58 Å². The summed E-state index contributed by atoms with van der Waals surface area (Å²) >= 11 is 6.51. The molecule has 1 amide bonds. The normalized spacial score (nSPS) is 15.0. The summed E-state index contributed by atoms with van der Waals surface area (Å²) in [7, 11) is 0. The minimum atomic E-state index is -0.829. The van der Waals surface area contributed by atoms with Gasteiger partial charge in [-0.05, 0) is 37.5 Å². The summed E-state index contributed by atoms with van der Waals surface area (Å²) in [4.78, 5) is 43.2. The SMILES string of the molecule is C=CCNc1nc2c(C)cccn2c(=O)c1/C=C1\SC(=S)N(CCCCCC(=O)O)C1=O. The van der Waals surface area contributed by atoms with Crippen molar-refractivity contribution < 1.29 is 14.7 Å². The summed E-state index contributed by atoms with van der Waals surface area (Å²) in [5, 5.41) is 11.8. The molecule has 0 radical (unpaired) electrons. The van der Waals surface area contributed by atoms with Crippen LogP contribution in [0.4, 0.5) is 5.82 Å². The molecule has 168 valence electrons. The number of thiocarbonyl (C=S) groups is 1. The molecule has 0 saturated carbocycles. The van der Waals surface area contributed by atoms with E-state index in [-0.39, 0.29) is 23.5 Å². The van der Waals surface area contributed by atoms with E-state index in [4.69, 9.17) is 17.3 Å². The molecule has 2 aromatic rings. The zero-order chi connectivity index (χ0) is 23.3. The molecule has 0 atom stereocenters. The van der Waals surface area contributed by atoms with Crippen LogP contribution in [-0.2, 0) is 9.59 Å². The van der Waals surface area contributed by atoms with Gasteiger partial charge < -0.3 is 10.4 Å². The fraction of sp³-hybridized carbons (Fsp3) is 0.318. The smallest absolute Gasteiger partial charge is 0.303 e. The average Bonchev–Trinajstić information content (AvgIpc) is 3.02. The lowest BCUT2D eigenvalue weighted by Gasteiger charge is -2.14. The highest BCUT2D eigenvalue weighted by molar-refractivity contribution is 8.26. The number of unbranched alkanes of at least 4 members (excludes halogenated alkanes) is 2. The van der Waals surface area contributed by atoms with Crippen LogP contribution in [0.25, 0.3) is 11.7 Å². The first kappa shape index (κ1) is 23.7. The van der Waals surface area contributed by atoms with Crippen LogP contribution in [0.15, 0.2) is 40.7 Å². The molecule has 0 aliphatic carbocycles. The van der Waals surface area contributed by atoms with E-state index in [1.54, 1.807) is 24.4 Å². The number of carbonyl (C=O) groups is 2. The number of amides is 1.